The summed E-state index contributed by atoms with van der Waals surface area (Å²) in [5.41, 5.74) is 12.6. The lowest BCUT2D eigenvalue weighted by Crippen LogP contribution is -2.16. The Morgan fingerprint density at radius 2 is 1.02 bits per heavy atom. The molecule has 3 nitrogen and oxygen atoms in total. The van der Waals surface area contributed by atoms with Crippen LogP contribution in [-0.4, -0.2) is 15.0 Å². The van der Waals surface area contributed by atoms with Crippen molar-refractivity contribution < 1.29 is 0 Å². The Hall–Kier alpha value is -5.93. The lowest BCUT2D eigenvalue weighted by Gasteiger charge is -2.25. The molecule has 0 bridgehead atoms. The highest BCUT2D eigenvalue weighted by molar-refractivity contribution is 6.06. The monoisotopic (exact) mass is 601 g/mol. The molecule has 0 saturated carbocycles. The van der Waals surface area contributed by atoms with Gasteiger partial charge in [-0.1, -0.05) is 117 Å². The SMILES string of the molecule is CC1(C)c2cc3ccccc3cc2-c2cccc(-c3ccc(-c4nc(-c5ccccc5)cc(-c5ccncc5)n4)c4ccccc34)c21. The number of pyridine rings is 1. The normalized spacial score (nSPS) is 13.1. The molecule has 0 atom stereocenters. The molecule has 0 unspecified atom stereocenters. The zero-order valence-electron chi connectivity index (χ0n) is 26.3. The third-order valence-corrected chi connectivity index (χ3v) is 9.77. The molecule has 0 fully saturated rings. The van der Waals surface area contributed by atoms with E-state index in [2.05, 4.69) is 128 Å². The van der Waals surface area contributed by atoms with E-state index in [0.717, 1.165) is 33.5 Å². The molecular formula is C44H31N3. The molecule has 0 N–H and O–H groups in total. The van der Waals surface area contributed by atoms with Crippen LogP contribution < -0.4 is 0 Å². The standard InChI is InChI=1S/C44H31N3/c1-44(2)39-26-31-14-7-6-13-30(31)25-38(39)36-18-10-17-35(42(36)44)34-19-20-37(33-16-9-8-15-32(33)34)43-46-40(28-11-4-3-5-12-28)27-41(47-43)29-21-23-45-24-22-29/h3-27H,1-2H3. The van der Waals surface area contributed by atoms with Crippen molar-refractivity contribution >= 4 is 21.5 Å². The van der Waals surface area contributed by atoms with Gasteiger partial charge < -0.3 is 0 Å². The van der Waals surface area contributed by atoms with Crippen molar-refractivity contribution in [3.63, 3.8) is 0 Å². The molecule has 0 saturated heterocycles. The van der Waals surface area contributed by atoms with E-state index >= 15 is 0 Å². The van der Waals surface area contributed by atoms with Gasteiger partial charge in [0.15, 0.2) is 5.82 Å². The van der Waals surface area contributed by atoms with Crippen LogP contribution in [0.1, 0.15) is 25.0 Å². The van der Waals surface area contributed by atoms with Crippen molar-refractivity contribution in [3.05, 3.63) is 163 Å². The van der Waals surface area contributed by atoms with Crippen LogP contribution in [0.5, 0.6) is 0 Å². The molecule has 6 aromatic carbocycles. The second kappa shape index (κ2) is 10.6. The maximum atomic E-state index is 5.16. The van der Waals surface area contributed by atoms with Crippen LogP contribution in [0.2, 0.25) is 0 Å². The van der Waals surface area contributed by atoms with Gasteiger partial charge >= 0.3 is 0 Å². The molecule has 0 spiro atoms. The van der Waals surface area contributed by atoms with E-state index in [-0.39, 0.29) is 5.41 Å². The van der Waals surface area contributed by atoms with Crippen LogP contribution in [0.15, 0.2) is 152 Å². The summed E-state index contributed by atoms with van der Waals surface area (Å²) in [6, 6.07) is 49.8. The van der Waals surface area contributed by atoms with E-state index < -0.39 is 0 Å². The van der Waals surface area contributed by atoms with Crippen molar-refractivity contribution in [1.82, 2.24) is 15.0 Å². The molecule has 0 amide bonds. The quantitative estimate of drug-likeness (QED) is 0.201. The zero-order valence-corrected chi connectivity index (χ0v) is 26.3. The van der Waals surface area contributed by atoms with Gasteiger partial charge in [-0.25, -0.2) is 9.97 Å². The minimum Gasteiger partial charge on any atom is -0.265 e. The average Bonchev–Trinajstić information content (AvgIpc) is 3.36. The molecule has 2 aromatic heterocycles. The summed E-state index contributed by atoms with van der Waals surface area (Å²) in [6.07, 6.45) is 3.62. The summed E-state index contributed by atoms with van der Waals surface area (Å²) >= 11 is 0. The summed E-state index contributed by atoms with van der Waals surface area (Å²) in [7, 11) is 0. The fraction of sp³-hybridized carbons (Fsp3) is 0.0682. The summed E-state index contributed by atoms with van der Waals surface area (Å²) in [4.78, 5) is 14.5. The second-order valence-corrected chi connectivity index (χ2v) is 12.9. The molecule has 1 aliphatic rings. The van der Waals surface area contributed by atoms with Crippen LogP contribution in [0, 0.1) is 0 Å². The van der Waals surface area contributed by atoms with E-state index in [1.54, 1.807) is 0 Å². The van der Waals surface area contributed by atoms with Crippen LogP contribution in [0.3, 0.4) is 0 Å². The Bertz CT molecular complexity index is 2420. The minimum absolute atomic E-state index is 0.155. The largest absolute Gasteiger partial charge is 0.265 e. The predicted octanol–water partition coefficient (Wildman–Crippen LogP) is 11.2. The number of hydrogen-bond acceptors (Lipinski definition) is 3. The first-order valence-corrected chi connectivity index (χ1v) is 16.1. The topological polar surface area (TPSA) is 38.7 Å². The molecule has 9 rings (SSSR count). The van der Waals surface area contributed by atoms with E-state index in [4.69, 9.17) is 9.97 Å². The highest BCUT2D eigenvalue weighted by Gasteiger charge is 2.38. The summed E-state index contributed by atoms with van der Waals surface area (Å²) < 4.78 is 0. The summed E-state index contributed by atoms with van der Waals surface area (Å²) in [5, 5.41) is 4.88. The van der Waals surface area contributed by atoms with E-state index in [0.29, 0.717) is 5.82 Å². The predicted molar refractivity (Wildman–Crippen MR) is 194 cm³/mol. The zero-order chi connectivity index (χ0) is 31.5. The number of hydrogen-bond donors (Lipinski definition) is 0. The van der Waals surface area contributed by atoms with Gasteiger partial charge in [-0.3, -0.25) is 4.98 Å². The molecule has 222 valence electrons. The molecule has 0 radical (unpaired) electrons. The maximum Gasteiger partial charge on any atom is 0.161 e. The summed E-state index contributed by atoms with van der Waals surface area (Å²) in [6.45, 7) is 4.74. The smallest absolute Gasteiger partial charge is 0.161 e. The molecule has 2 heterocycles. The first-order chi connectivity index (χ1) is 23.1. The van der Waals surface area contributed by atoms with Crippen molar-refractivity contribution in [2.24, 2.45) is 0 Å². The summed E-state index contributed by atoms with van der Waals surface area (Å²) in [5.74, 6) is 0.707. The number of benzene rings is 6. The number of aromatic nitrogens is 3. The van der Waals surface area contributed by atoms with Gasteiger partial charge in [-0.2, -0.15) is 0 Å². The van der Waals surface area contributed by atoms with Gasteiger partial charge in [0.1, 0.15) is 0 Å². The molecular weight excluding hydrogens is 571 g/mol. The minimum atomic E-state index is -0.155. The van der Waals surface area contributed by atoms with Gasteiger partial charge in [0.25, 0.3) is 0 Å². The van der Waals surface area contributed by atoms with Crippen molar-refractivity contribution in [3.8, 4) is 56.2 Å². The maximum absolute atomic E-state index is 5.16. The van der Waals surface area contributed by atoms with Gasteiger partial charge in [0.05, 0.1) is 11.4 Å². The Morgan fingerprint density at radius 1 is 0.447 bits per heavy atom. The fourth-order valence-corrected chi connectivity index (χ4v) is 7.51. The van der Waals surface area contributed by atoms with E-state index in [1.807, 2.05) is 42.7 Å². The van der Waals surface area contributed by atoms with Gasteiger partial charge in [-0.15, -0.1) is 0 Å². The Labute approximate surface area is 274 Å². The number of nitrogens with zero attached hydrogens (tertiary/aromatic N) is 3. The number of rotatable bonds is 4. The van der Waals surface area contributed by atoms with Gasteiger partial charge in [0, 0.05) is 34.5 Å². The average molecular weight is 602 g/mol. The van der Waals surface area contributed by atoms with Crippen molar-refractivity contribution in [2.75, 3.05) is 0 Å². The third kappa shape index (κ3) is 4.39. The molecule has 0 aliphatic heterocycles. The number of fused-ring (bicyclic) bond motifs is 5. The van der Waals surface area contributed by atoms with E-state index in [1.165, 1.54) is 49.5 Å². The van der Waals surface area contributed by atoms with Crippen LogP contribution in [-0.2, 0) is 5.41 Å². The molecule has 1 aliphatic carbocycles. The van der Waals surface area contributed by atoms with Crippen molar-refractivity contribution in [1.29, 1.82) is 0 Å². The second-order valence-electron chi connectivity index (χ2n) is 12.9. The lowest BCUT2D eigenvalue weighted by atomic mass is 9.78. The lowest BCUT2D eigenvalue weighted by molar-refractivity contribution is 0.663. The van der Waals surface area contributed by atoms with Crippen molar-refractivity contribution in [2.45, 2.75) is 19.3 Å². The first-order valence-electron chi connectivity index (χ1n) is 16.1. The van der Waals surface area contributed by atoms with Crippen LogP contribution in [0.25, 0.3) is 77.7 Å². The Kier molecular flexibility index (Phi) is 6.16. The van der Waals surface area contributed by atoms with Crippen LogP contribution >= 0.6 is 0 Å². The van der Waals surface area contributed by atoms with Gasteiger partial charge in [-0.05, 0) is 91.3 Å². The highest BCUT2D eigenvalue weighted by atomic mass is 14.9. The molecule has 8 aromatic rings. The molecule has 3 heteroatoms. The fourth-order valence-electron chi connectivity index (χ4n) is 7.51. The Morgan fingerprint density at radius 3 is 1.74 bits per heavy atom. The van der Waals surface area contributed by atoms with Crippen LogP contribution in [0.4, 0.5) is 0 Å². The first kappa shape index (κ1) is 27.4. The highest BCUT2D eigenvalue weighted by Crippen LogP contribution is 2.54. The Balaban J connectivity index is 1.25. The third-order valence-electron chi connectivity index (χ3n) is 9.77. The van der Waals surface area contributed by atoms with E-state index in [9.17, 15) is 0 Å². The molecule has 47 heavy (non-hydrogen) atoms. The van der Waals surface area contributed by atoms with Gasteiger partial charge in [0.2, 0.25) is 0 Å².